The maximum absolute atomic E-state index is 13.3. The fraction of sp³-hybridized carbons (Fsp3) is 0.846. The highest BCUT2D eigenvalue weighted by molar-refractivity contribution is 7.57. The van der Waals surface area contributed by atoms with Crippen molar-refractivity contribution in [3.8, 4) is 0 Å². The van der Waals surface area contributed by atoms with Gasteiger partial charge in [0, 0.05) is 0 Å². The number of methoxy groups -OCH3 is 1. The number of carbonyl (C=O) groups is 2. The van der Waals surface area contributed by atoms with Crippen LogP contribution >= 0.6 is 7.60 Å². The van der Waals surface area contributed by atoms with Crippen molar-refractivity contribution in [1.82, 2.24) is 4.90 Å². The first-order chi connectivity index (χ1) is 10.7. The zero-order valence-electron chi connectivity index (χ0n) is 15.9. The molecule has 0 atom stereocenters. The van der Waals surface area contributed by atoms with Crippen LogP contribution in [0.3, 0.4) is 0 Å². The molecule has 0 unspecified atom stereocenters. The van der Waals surface area contributed by atoms with Crippen LogP contribution in [0.5, 0.6) is 0 Å². The van der Waals surface area contributed by atoms with Crippen LogP contribution in [-0.2, 0) is 27.3 Å². The molecule has 24 heavy (non-hydrogen) atoms. The molecule has 0 heterocycles. The van der Waals surface area contributed by atoms with Crippen molar-refractivity contribution in [1.29, 1.82) is 0 Å². The Hall–Kier alpha value is -0.676. The van der Waals surface area contributed by atoms with Crippen molar-refractivity contribution in [3.63, 3.8) is 0 Å². The minimum atomic E-state index is -3.62. The van der Waals surface area contributed by atoms with E-state index in [-0.39, 0.29) is 19.4 Å². The summed E-state index contributed by atoms with van der Waals surface area (Å²) >= 11 is 0. The summed E-state index contributed by atoms with van der Waals surface area (Å²) in [5.41, 5.74) is 0. The van der Waals surface area contributed by atoms with Gasteiger partial charge in [-0.2, -0.15) is 0 Å². The van der Waals surface area contributed by atoms with Crippen molar-refractivity contribution >= 4 is 36.3 Å². The first-order valence-corrected chi connectivity index (χ1v) is 16.2. The summed E-state index contributed by atoms with van der Waals surface area (Å²) in [4.78, 5) is 24.7. The highest BCUT2D eigenvalue weighted by Gasteiger charge is 2.40. The van der Waals surface area contributed by atoms with Crippen LogP contribution in [0.4, 0.5) is 4.79 Å². The van der Waals surface area contributed by atoms with Crippen LogP contribution in [0.15, 0.2) is 0 Å². The molecule has 0 aromatic rings. The number of hydrogen-bond acceptors (Lipinski definition) is 7. The molecule has 0 radical (unpaired) electrons. The molecule has 0 aliphatic carbocycles. The van der Waals surface area contributed by atoms with Crippen molar-refractivity contribution in [2.75, 3.05) is 26.5 Å². The molecular weight excluding hydrogens is 369 g/mol. The summed E-state index contributed by atoms with van der Waals surface area (Å²) in [6, 6.07) is 0. The van der Waals surface area contributed by atoms with Crippen LogP contribution in [0, 0.1) is 0 Å². The third-order valence-electron chi connectivity index (χ3n) is 2.24. The highest BCUT2D eigenvalue weighted by Crippen LogP contribution is 2.53. The molecule has 0 aliphatic rings. The standard InChI is InChI=1S/C13H30NO7PSi2/c1-9-19-13(16)14(10-12(15)18-2)11-22(17,20-23(3,4)5)21-24(6,7)8/h9-11H2,1-8H3. The van der Waals surface area contributed by atoms with E-state index in [9.17, 15) is 14.2 Å². The number of carbonyl (C=O) groups excluding carboxylic acids is 2. The van der Waals surface area contributed by atoms with Gasteiger partial charge in [0.05, 0.1) is 13.7 Å². The summed E-state index contributed by atoms with van der Waals surface area (Å²) in [5, 5.41) is 0. The van der Waals surface area contributed by atoms with Gasteiger partial charge in [0.2, 0.25) is 0 Å². The van der Waals surface area contributed by atoms with E-state index in [0.29, 0.717) is 0 Å². The van der Waals surface area contributed by atoms with Crippen LogP contribution in [0.2, 0.25) is 39.3 Å². The maximum Gasteiger partial charge on any atom is 0.410 e. The molecule has 0 bridgehead atoms. The molecule has 0 N–H and O–H groups in total. The molecule has 0 aliphatic heterocycles. The summed E-state index contributed by atoms with van der Waals surface area (Å²) in [6.07, 6.45) is -1.11. The largest absolute Gasteiger partial charge is 0.468 e. The fourth-order valence-corrected chi connectivity index (χ4v) is 9.98. The van der Waals surface area contributed by atoms with Crippen molar-refractivity contribution < 1.29 is 32.1 Å². The third-order valence-corrected chi connectivity index (χ3v) is 9.54. The lowest BCUT2D eigenvalue weighted by Gasteiger charge is -2.33. The van der Waals surface area contributed by atoms with Gasteiger partial charge in [-0.1, -0.05) is 0 Å². The van der Waals surface area contributed by atoms with E-state index >= 15 is 0 Å². The second-order valence-electron chi connectivity index (χ2n) is 7.13. The van der Waals surface area contributed by atoms with Gasteiger partial charge in [0.25, 0.3) is 0 Å². The normalized spacial score (nSPS) is 12.7. The monoisotopic (exact) mass is 399 g/mol. The number of ether oxygens (including phenoxy) is 2. The molecule has 0 aromatic heterocycles. The predicted octanol–water partition coefficient (Wildman–Crippen LogP) is 3.47. The van der Waals surface area contributed by atoms with Gasteiger partial charge in [-0.25, -0.2) is 4.79 Å². The zero-order valence-corrected chi connectivity index (χ0v) is 18.8. The predicted molar refractivity (Wildman–Crippen MR) is 97.1 cm³/mol. The lowest BCUT2D eigenvalue weighted by atomic mass is 10.6. The minimum Gasteiger partial charge on any atom is -0.468 e. The molecule has 0 spiro atoms. The van der Waals surface area contributed by atoms with E-state index in [1.165, 1.54) is 7.11 Å². The van der Waals surface area contributed by atoms with E-state index < -0.39 is 36.3 Å². The van der Waals surface area contributed by atoms with Crippen LogP contribution < -0.4 is 0 Å². The fourth-order valence-electron chi connectivity index (χ4n) is 1.73. The van der Waals surface area contributed by atoms with Gasteiger partial charge in [0.15, 0.2) is 16.6 Å². The molecule has 0 aromatic carbocycles. The van der Waals surface area contributed by atoms with Gasteiger partial charge >= 0.3 is 19.7 Å². The second-order valence-corrected chi connectivity index (χ2v) is 18.5. The topological polar surface area (TPSA) is 91.4 Å². The Balaban J connectivity index is 5.51. The van der Waals surface area contributed by atoms with E-state index in [0.717, 1.165) is 4.90 Å². The van der Waals surface area contributed by atoms with E-state index in [2.05, 4.69) is 4.74 Å². The maximum atomic E-state index is 13.3. The number of hydrogen-bond donors (Lipinski definition) is 0. The van der Waals surface area contributed by atoms with E-state index in [1.807, 2.05) is 39.3 Å². The van der Waals surface area contributed by atoms with Gasteiger partial charge < -0.3 is 17.9 Å². The SMILES string of the molecule is CCOC(=O)N(CC(=O)OC)CP(=O)(O[Si](C)(C)C)O[Si](C)(C)C. The van der Waals surface area contributed by atoms with Crippen LogP contribution in [0.1, 0.15) is 6.92 Å². The lowest BCUT2D eigenvalue weighted by Crippen LogP contribution is -2.40. The minimum absolute atomic E-state index is 0.130. The molecular formula is C13H30NO7PSi2. The third kappa shape index (κ3) is 10.2. The summed E-state index contributed by atoms with van der Waals surface area (Å²) in [7, 11) is -6.85. The number of amides is 1. The van der Waals surface area contributed by atoms with E-state index in [1.54, 1.807) is 6.92 Å². The Morgan fingerprint density at radius 1 is 1.00 bits per heavy atom. The van der Waals surface area contributed by atoms with Gasteiger partial charge in [0.1, 0.15) is 12.8 Å². The van der Waals surface area contributed by atoms with E-state index in [4.69, 9.17) is 13.2 Å². The zero-order chi connectivity index (χ0) is 19.2. The summed E-state index contributed by atoms with van der Waals surface area (Å²) < 4.78 is 34.3. The molecule has 142 valence electrons. The van der Waals surface area contributed by atoms with Crippen molar-refractivity contribution in [3.05, 3.63) is 0 Å². The Kier molecular flexibility index (Phi) is 8.88. The van der Waals surface area contributed by atoms with Gasteiger partial charge in [-0.15, -0.1) is 0 Å². The molecule has 0 fully saturated rings. The average Bonchev–Trinajstić information content (AvgIpc) is 2.32. The first kappa shape index (κ1) is 23.3. The second kappa shape index (κ2) is 9.14. The Labute approximate surface area is 146 Å². The lowest BCUT2D eigenvalue weighted by molar-refractivity contribution is -0.141. The van der Waals surface area contributed by atoms with Crippen LogP contribution in [-0.4, -0.2) is 60.1 Å². The number of esters is 1. The van der Waals surface area contributed by atoms with Crippen molar-refractivity contribution in [2.45, 2.75) is 46.2 Å². The molecule has 0 saturated heterocycles. The number of rotatable bonds is 9. The Morgan fingerprint density at radius 2 is 1.46 bits per heavy atom. The molecule has 1 amide bonds. The van der Waals surface area contributed by atoms with Gasteiger partial charge in [-0.3, -0.25) is 14.3 Å². The molecule has 0 saturated carbocycles. The molecule has 11 heteroatoms. The highest BCUT2D eigenvalue weighted by atomic mass is 31.2. The van der Waals surface area contributed by atoms with Gasteiger partial charge in [-0.05, 0) is 46.2 Å². The number of nitrogens with zero attached hydrogens (tertiary/aromatic N) is 1. The Bertz CT molecular complexity index is 468. The van der Waals surface area contributed by atoms with Crippen molar-refractivity contribution in [2.24, 2.45) is 0 Å². The summed E-state index contributed by atoms with van der Waals surface area (Å²) in [6.45, 7) is 12.7. The summed E-state index contributed by atoms with van der Waals surface area (Å²) in [5.74, 6) is -0.643. The average molecular weight is 400 g/mol. The van der Waals surface area contributed by atoms with Crippen LogP contribution in [0.25, 0.3) is 0 Å². The smallest absolute Gasteiger partial charge is 0.410 e. The first-order valence-electron chi connectivity index (χ1n) is 7.70. The molecule has 8 nitrogen and oxygen atoms in total. The molecule has 0 rings (SSSR count). The Morgan fingerprint density at radius 3 is 1.79 bits per heavy atom. The quantitative estimate of drug-likeness (QED) is 0.333.